The van der Waals surface area contributed by atoms with Crippen molar-refractivity contribution in [3.8, 4) is 22.5 Å². The quantitative estimate of drug-likeness (QED) is 0.533. The number of hydrogen-bond donors (Lipinski definition) is 1. The van der Waals surface area contributed by atoms with Crippen LogP contribution in [0.5, 0.6) is 0 Å². The number of rotatable bonds is 4. The number of H-pyrrole nitrogens is 1. The van der Waals surface area contributed by atoms with Gasteiger partial charge in [-0.3, -0.25) is 4.79 Å². The fourth-order valence-corrected chi connectivity index (χ4v) is 4.20. The van der Waals surface area contributed by atoms with Gasteiger partial charge in [-0.15, -0.1) is 0 Å². The van der Waals surface area contributed by atoms with Crippen molar-refractivity contribution in [2.24, 2.45) is 0 Å². The molecule has 0 atom stereocenters. The van der Waals surface area contributed by atoms with Crippen LogP contribution in [0.2, 0.25) is 5.02 Å². The summed E-state index contributed by atoms with van der Waals surface area (Å²) in [5, 5.41) is 1.67. The number of fused-ring (bicyclic) bond motifs is 1. The van der Waals surface area contributed by atoms with Crippen molar-refractivity contribution < 1.29 is 4.79 Å². The highest BCUT2D eigenvalue weighted by molar-refractivity contribution is 6.30. The fraction of sp³-hybridized carbons (Fsp3) is 0.261. The summed E-state index contributed by atoms with van der Waals surface area (Å²) < 4.78 is 1.95. The van der Waals surface area contributed by atoms with Crippen molar-refractivity contribution in [1.82, 2.24) is 29.3 Å². The van der Waals surface area contributed by atoms with Gasteiger partial charge in [-0.1, -0.05) is 23.7 Å². The van der Waals surface area contributed by atoms with E-state index in [-0.39, 0.29) is 12.5 Å². The summed E-state index contributed by atoms with van der Waals surface area (Å²) >= 11 is 6.10. The second-order valence-corrected chi connectivity index (χ2v) is 8.30. The Morgan fingerprint density at radius 1 is 1.06 bits per heavy atom. The third-order valence-electron chi connectivity index (χ3n) is 5.83. The molecule has 31 heavy (non-hydrogen) atoms. The first-order valence-corrected chi connectivity index (χ1v) is 10.7. The zero-order valence-corrected chi connectivity index (χ0v) is 18.0. The SMILES string of the molecule is CN1CCN(C(=O)Cn2cnc(-c3ccc(Cl)cc3)c2-c2ccnc3[nH]ccc23)CC1. The number of aromatic nitrogens is 4. The second-order valence-electron chi connectivity index (χ2n) is 7.86. The Balaban J connectivity index is 1.58. The molecule has 0 spiro atoms. The van der Waals surface area contributed by atoms with Crippen molar-refractivity contribution in [3.63, 3.8) is 0 Å². The smallest absolute Gasteiger partial charge is 0.242 e. The maximum absolute atomic E-state index is 13.1. The van der Waals surface area contributed by atoms with E-state index in [2.05, 4.69) is 21.9 Å². The van der Waals surface area contributed by atoms with Gasteiger partial charge in [-0.25, -0.2) is 9.97 Å². The van der Waals surface area contributed by atoms with Gasteiger partial charge < -0.3 is 19.4 Å². The van der Waals surface area contributed by atoms with Crippen LogP contribution in [0.15, 0.2) is 55.1 Å². The number of amides is 1. The van der Waals surface area contributed by atoms with Gasteiger partial charge in [0.1, 0.15) is 12.2 Å². The predicted molar refractivity (Wildman–Crippen MR) is 122 cm³/mol. The molecule has 0 radical (unpaired) electrons. The molecule has 5 rings (SSSR count). The summed E-state index contributed by atoms with van der Waals surface area (Å²) in [6, 6.07) is 11.6. The summed E-state index contributed by atoms with van der Waals surface area (Å²) in [4.78, 5) is 29.5. The van der Waals surface area contributed by atoms with Crippen molar-refractivity contribution in [1.29, 1.82) is 0 Å². The summed E-state index contributed by atoms with van der Waals surface area (Å²) in [5.41, 5.74) is 4.46. The number of nitrogens with zero attached hydrogens (tertiary/aromatic N) is 5. The molecular weight excluding hydrogens is 412 g/mol. The zero-order chi connectivity index (χ0) is 21.4. The van der Waals surface area contributed by atoms with Crippen molar-refractivity contribution in [2.75, 3.05) is 33.2 Å². The maximum atomic E-state index is 13.1. The summed E-state index contributed by atoms with van der Waals surface area (Å²) in [7, 11) is 2.08. The first-order valence-electron chi connectivity index (χ1n) is 10.3. The molecule has 4 aromatic rings. The lowest BCUT2D eigenvalue weighted by atomic mass is 10.0. The Morgan fingerprint density at radius 2 is 1.84 bits per heavy atom. The van der Waals surface area contributed by atoms with Gasteiger partial charge in [0.2, 0.25) is 5.91 Å². The van der Waals surface area contributed by atoms with Crippen LogP contribution < -0.4 is 0 Å². The van der Waals surface area contributed by atoms with Gasteiger partial charge in [0.25, 0.3) is 0 Å². The Bertz CT molecular complexity index is 1220. The molecule has 7 nitrogen and oxygen atoms in total. The molecular formula is C23H23ClN6O. The molecule has 1 fully saturated rings. The Kier molecular flexibility index (Phi) is 5.21. The summed E-state index contributed by atoms with van der Waals surface area (Å²) in [6.07, 6.45) is 5.41. The van der Waals surface area contributed by atoms with Crippen molar-refractivity contribution in [2.45, 2.75) is 6.54 Å². The van der Waals surface area contributed by atoms with Gasteiger partial charge in [0.15, 0.2) is 0 Å². The summed E-state index contributed by atoms with van der Waals surface area (Å²) in [6.45, 7) is 3.54. The number of halogens is 1. The molecule has 158 valence electrons. The van der Waals surface area contributed by atoms with Gasteiger partial charge in [-0.2, -0.15) is 0 Å². The molecule has 1 aromatic carbocycles. The molecule has 8 heteroatoms. The first-order chi connectivity index (χ1) is 15.1. The number of hydrogen-bond acceptors (Lipinski definition) is 4. The Labute approximate surface area is 185 Å². The molecule has 1 N–H and O–H groups in total. The second kappa shape index (κ2) is 8.17. The summed E-state index contributed by atoms with van der Waals surface area (Å²) in [5.74, 6) is 0.105. The van der Waals surface area contributed by atoms with E-state index in [1.807, 2.05) is 52.1 Å². The van der Waals surface area contributed by atoms with E-state index in [0.29, 0.717) is 5.02 Å². The van der Waals surface area contributed by atoms with Crippen LogP contribution in [0.3, 0.4) is 0 Å². The van der Waals surface area contributed by atoms with E-state index < -0.39 is 0 Å². The number of likely N-dealkylation sites (N-methyl/N-ethyl adjacent to an activating group) is 1. The fourth-order valence-electron chi connectivity index (χ4n) is 4.07. The zero-order valence-electron chi connectivity index (χ0n) is 17.3. The van der Waals surface area contributed by atoms with E-state index in [0.717, 1.165) is 59.7 Å². The Hall–Kier alpha value is -3.16. The Morgan fingerprint density at radius 3 is 2.61 bits per heavy atom. The van der Waals surface area contributed by atoms with Crippen molar-refractivity contribution >= 4 is 28.5 Å². The maximum Gasteiger partial charge on any atom is 0.242 e. The van der Waals surface area contributed by atoms with Crippen LogP contribution >= 0.6 is 11.6 Å². The van der Waals surface area contributed by atoms with E-state index in [1.165, 1.54) is 0 Å². The van der Waals surface area contributed by atoms with Crippen LogP contribution in [0.1, 0.15) is 0 Å². The lowest BCUT2D eigenvalue weighted by Gasteiger charge is -2.32. The van der Waals surface area contributed by atoms with E-state index >= 15 is 0 Å². The number of piperazine rings is 1. The van der Waals surface area contributed by atoms with Crippen molar-refractivity contribution in [3.05, 3.63) is 60.1 Å². The molecule has 4 heterocycles. The number of aromatic amines is 1. The molecule has 1 aliphatic heterocycles. The van der Waals surface area contributed by atoms with Crippen LogP contribution in [-0.2, 0) is 11.3 Å². The highest BCUT2D eigenvalue weighted by Gasteiger charge is 2.23. The largest absolute Gasteiger partial charge is 0.346 e. The number of imidazole rings is 1. The van der Waals surface area contributed by atoms with E-state index in [4.69, 9.17) is 16.6 Å². The molecule has 0 aliphatic carbocycles. The standard InChI is InChI=1S/C23H23ClN6O/c1-28-10-12-29(13-11-28)20(31)14-30-15-27-21(16-2-4-17(24)5-3-16)22(30)18-6-8-25-23-19(18)7-9-26-23/h2-9,15H,10-14H2,1H3,(H,25,26). The van der Waals surface area contributed by atoms with E-state index in [1.54, 1.807) is 12.5 Å². The molecule has 1 aliphatic rings. The highest BCUT2D eigenvalue weighted by Crippen LogP contribution is 2.35. The van der Waals surface area contributed by atoms with E-state index in [9.17, 15) is 4.79 Å². The molecule has 0 saturated carbocycles. The van der Waals surface area contributed by atoms with Crippen LogP contribution in [-0.4, -0.2) is 68.5 Å². The normalized spacial score (nSPS) is 15.0. The highest BCUT2D eigenvalue weighted by atomic mass is 35.5. The topological polar surface area (TPSA) is 70.1 Å². The molecule has 3 aromatic heterocycles. The minimum atomic E-state index is 0.105. The third kappa shape index (κ3) is 3.82. The molecule has 0 bridgehead atoms. The van der Waals surface area contributed by atoms with Crippen LogP contribution in [0.25, 0.3) is 33.5 Å². The average Bonchev–Trinajstić information content (AvgIpc) is 3.42. The first kappa shape index (κ1) is 19.8. The number of benzene rings is 1. The minimum Gasteiger partial charge on any atom is -0.346 e. The minimum absolute atomic E-state index is 0.105. The lowest BCUT2D eigenvalue weighted by molar-refractivity contribution is -0.133. The van der Waals surface area contributed by atoms with Gasteiger partial charge in [0, 0.05) is 60.1 Å². The predicted octanol–water partition coefficient (Wildman–Crippen LogP) is 3.52. The number of carbonyl (C=O) groups excluding carboxylic acids is 1. The van der Waals surface area contributed by atoms with Crippen LogP contribution in [0, 0.1) is 0 Å². The monoisotopic (exact) mass is 434 g/mol. The lowest BCUT2D eigenvalue weighted by Crippen LogP contribution is -2.48. The number of carbonyl (C=O) groups is 1. The molecule has 1 amide bonds. The molecule has 0 unspecified atom stereocenters. The van der Waals surface area contributed by atoms with Gasteiger partial charge in [-0.05, 0) is 31.3 Å². The average molecular weight is 435 g/mol. The van der Waals surface area contributed by atoms with Gasteiger partial charge in [0.05, 0.1) is 17.7 Å². The number of nitrogens with one attached hydrogen (secondary N) is 1. The number of pyridine rings is 1. The van der Waals surface area contributed by atoms with Crippen LogP contribution in [0.4, 0.5) is 0 Å². The third-order valence-corrected chi connectivity index (χ3v) is 6.08. The molecule has 1 saturated heterocycles. The van der Waals surface area contributed by atoms with Gasteiger partial charge >= 0.3 is 0 Å².